The summed E-state index contributed by atoms with van der Waals surface area (Å²) in [5, 5.41) is 8.75. The average Bonchev–Trinajstić information content (AvgIpc) is 1.96. The van der Waals surface area contributed by atoms with Gasteiger partial charge in [-0.05, 0) is 0 Å². The normalized spacial score (nSPS) is 11.4. The molecule has 0 amide bonds. The van der Waals surface area contributed by atoms with Crippen molar-refractivity contribution in [2.45, 2.75) is 6.36 Å². The molecule has 1 heterocycles. The summed E-state index contributed by atoms with van der Waals surface area (Å²) in [6.45, 7) is 0. The molecule has 2 N–H and O–H groups in total. The molecule has 8 heteroatoms. The minimum Gasteiger partial charge on any atom is -0.500 e. The van der Waals surface area contributed by atoms with E-state index in [4.69, 9.17) is 5.11 Å². The summed E-state index contributed by atoms with van der Waals surface area (Å²) in [5.41, 5.74) is -1.31. The van der Waals surface area contributed by atoms with Crippen molar-refractivity contribution in [3.63, 3.8) is 0 Å². The molecule has 4 nitrogen and oxygen atoms in total. The van der Waals surface area contributed by atoms with Gasteiger partial charge in [0.15, 0.2) is 5.95 Å². The van der Waals surface area contributed by atoms with E-state index >= 15 is 0 Å². The predicted molar refractivity (Wildman–Crippen MR) is 35.4 cm³/mol. The Morgan fingerprint density at radius 3 is 2.50 bits per heavy atom. The van der Waals surface area contributed by atoms with Crippen LogP contribution in [0.25, 0.3) is 0 Å². The van der Waals surface area contributed by atoms with Gasteiger partial charge in [-0.2, -0.15) is 4.39 Å². The maximum Gasteiger partial charge on any atom is 0.574 e. The number of hydrogen-bond donors (Lipinski definition) is 2. The maximum absolute atomic E-state index is 12.4. The first kappa shape index (κ1) is 10.4. The largest absolute Gasteiger partial charge is 0.574 e. The molecule has 0 aliphatic heterocycles. The summed E-state index contributed by atoms with van der Waals surface area (Å²) in [5.74, 6) is -4.04. The minimum absolute atomic E-state index is 0.290. The second kappa shape index (κ2) is 3.20. The van der Waals surface area contributed by atoms with Crippen LogP contribution in [-0.2, 0) is 0 Å². The Hall–Kier alpha value is -1.73. The molecule has 0 bridgehead atoms. The first-order valence-corrected chi connectivity index (χ1v) is 3.17. The van der Waals surface area contributed by atoms with E-state index < -0.39 is 29.4 Å². The van der Waals surface area contributed by atoms with Crippen molar-refractivity contribution in [2.75, 3.05) is 0 Å². The van der Waals surface area contributed by atoms with E-state index in [9.17, 15) is 22.4 Å². The van der Waals surface area contributed by atoms with Crippen LogP contribution in [0.5, 0.6) is 11.6 Å². The van der Waals surface area contributed by atoms with Crippen LogP contribution in [0.1, 0.15) is 0 Å². The molecule has 1 aromatic heterocycles. The first-order valence-electron chi connectivity index (χ1n) is 3.17. The Balaban J connectivity index is 3.15. The van der Waals surface area contributed by atoms with Crippen molar-refractivity contribution in [1.29, 1.82) is 0 Å². The van der Waals surface area contributed by atoms with E-state index in [1.54, 1.807) is 0 Å². The summed E-state index contributed by atoms with van der Waals surface area (Å²) in [6.07, 6.45) is -5.12. The lowest BCUT2D eigenvalue weighted by atomic mass is 10.4. The Morgan fingerprint density at radius 2 is 2.00 bits per heavy atom. The number of aromatic nitrogens is 1. The highest BCUT2D eigenvalue weighted by molar-refractivity contribution is 5.31. The number of H-pyrrole nitrogens is 1. The first-order chi connectivity index (χ1) is 6.29. The third-order valence-electron chi connectivity index (χ3n) is 1.16. The second-order valence-electron chi connectivity index (χ2n) is 2.21. The van der Waals surface area contributed by atoms with Crippen LogP contribution in [-0.4, -0.2) is 16.5 Å². The smallest absolute Gasteiger partial charge is 0.500 e. The summed E-state index contributed by atoms with van der Waals surface area (Å²) in [7, 11) is 0. The van der Waals surface area contributed by atoms with Crippen molar-refractivity contribution >= 4 is 0 Å². The Bertz CT molecular complexity index is 397. The molecular weight excluding hydrogens is 210 g/mol. The highest BCUT2D eigenvalue weighted by Crippen LogP contribution is 2.26. The predicted octanol–water partition coefficient (Wildman–Crippen LogP) is 1.12. The van der Waals surface area contributed by atoms with Gasteiger partial charge in [-0.15, -0.1) is 13.2 Å². The molecule has 0 atom stereocenters. The van der Waals surface area contributed by atoms with Gasteiger partial charge in [0.2, 0.25) is 17.1 Å². The Kier molecular flexibility index (Phi) is 2.37. The lowest BCUT2D eigenvalue weighted by Gasteiger charge is -2.09. The zero-order valence-electron chi connectivity index (χ0n) is 6.35. The fourth-order valence-electron chi connectivity index (χ4n) is 0.689. The number of pyridine rings is 1. The fraction of sp³-hybridized carbons (Fsp3) is 0.167. The Morgan fingerprint density at radius 1 is 1.43 bits per heavy atom. The third-order valence-corrected chi connectivity index (χ3v) is 1.16. The van der Waals surface area contributed by atoms with Crippen molar-refractivity contribution < 1.29 is 27.4 Å². The molecule has 1 rings (SSSR count). The van der Waals surface area contributed by atoms with Gasteiger partial charge in [0.25, 0.3) is 0 Å². The number of alkyl halides is 3. The number of ether oxygens (including phenoxy) is 1. The van der Waals surface area contributed by atoms with E-state index in [-0.39, 0.29) is 0 Å². The van der Waals surface area contributed by atoms with Gasteiger partial charge in [-0.25, -0.2) is 0 Å². The molecule has 0 aromatic carbocycles. The molecule has 0 fully saturated rings. The van der Waals surface area contributed by atoms with Crippen molar-refractivity contribution in [3.05, 3.63) is 22.2 Å². The monoisotopic (exact) mass is 213 g/mol. The molecule has 0 saturated heterocycles. The number of aromatic amines is 1. The van der Waals surface area contributed by atoms with E-state index in [2.05, 4.69) is 4.74 Å². The SMILES string of the molecule is O=c1cc(F)[nH]c(OC(F)(F)F)c1O. The zero-order valence-corrected chi connectivity index (χ0v) is 6.35. The van der Waals surface area contributed by atoms with Gasteiger partial charge in [0.1, 0.15) is 0 Å². The lowest BCUT2D eigenvalue weighted by molar-refractivity contribution is -0.276. The van der Waals surface area contributed by atoms with Crippen LogP contribution in [0.3, 0.4) is 0 Å². The maximum atomic E-state index is 12.4. The van der Waals surface area contributed by atoms with E-state index in [0.29, 0.717) is 6.07 Å². The van der Waals surface area contributed by atoms with E-state index in [0.717, 1.165) is 0 Å². The van der Waals surface area contributed by atoms with Gasteiger partial charge in [0, 0.05) is 6.07 Å². The summed E-state index contributed by atoms with van der Waals surface area (Å²) < 4.78 is 50.3. The number of rotatable bonds is 1. The second-order valence-corrected chi connectivity index (χ2v) is 2.21. The number of aromatic hydroxyl groups is 1. The van der Waals surface area contributed by atoms with Gasteiger partial charge >= 0.3 is 6.36 Å². The molecule has 0 unspecified atom stereocenters. The molecule has 0 spiro atoms. The third kappa shape index (κ3) is 2.38. The standard InChI is InChI=1S/C6H3F4NO3/c7-3-1-2(12)4(13)5(11-3)14-6(8,9)10/h1,13H,(H,11,12). The van der Waals surface area contributed by atoms with Crippen molar-refractivity contribution in [3.8, 4) is 11.6 Å². The quantitative estimate of drug-likeness (QED) is 0.542. The van der Waals surface area contributed by atoms with Crippen LogP contribution < -0.4 is 10.2 Å². The molecule has 78 valence electrons. The average molecular weight is 213 g/mol. The summed E-state index contributed by atoms with van der Waals surface area (Å²) in [6, 6.07) is 0.290. The van der Waals surface area contributed by atoms with Crippen LogP contribution in [0.15, 0.2) is 10.9 Å². The van der Waals surface area contributed by atoms with Crippen LogP contribution in [0, 0.1) is 5.95 Å². The van der Waals surface area contributed by atoms with Gasteiger partial charge in [-0.1, -0.05) is 0 Å². The van der Waals surface area contributed by atoms with E-state index in [1.807, 2.05) is 0 Å². The van der Waals surface area contributed by atoms with E-state index in [1.165, 1.54) is 4.98 Å². The number of halogens is 4. The fourth-order valence-corrected chi connectivity index (χ4v) is 0.689. The van der Waals surface area contributed by atoms with Crippen LogP contribution >= 0.6 is 0 Å². The Labute approximate surface area is 73.7 Å². The zero-order chi connectivity index (χ0) is 10.9. The molecule has 0 aliphatic rings. The minimum atomic E-state index is -5.12. The lowest BCUT2D eigenvalue weighted by Crippen LogP contribution is -2.20. The number of hydrogen-bond acceptors (Lipinski definition) is 3. The van der Waals surface area contributed by atoms with Gasteiger partial charge in [-0.3, -0.25) is 9.78 Å². The van der Waals surface area contributed by atoms with Crippen molar-refractivity contribution in [2.24, 2.45) is 0 Å². The van der Waals surface area contributed by atoms with Gasteiger partial charge in [0.05, 0.1) is 0 Å². The summed E-state index contributed by atoms with van der Waals surface area (Å²) >= 11 is 0. The molecular formula is C6H3F4NO3. The topological polar surface area (TPSA) is 62.3 Å². The molecule has 0 radical (unpaired) electrons. The van der Waals surface area contributed by atoms with Crippen LogP contribution in [0.2, 0.25) is 0 Å². The molecule has 14 heavy (non-hydrogen) atoms. The molecule has 1 aromatic rings. The molecule has 0 aliphatic carbocycles. The number of nitrogens with one attached hydrogen (secondary N) is 1. The highest BCUT2D eigenvalue weighted by Gasteiger charge is 2.33. The molecule has 0 saturated carbocycles. The van der Waals surface area contributed by atoms with Crippen LogP contribution in [0.4, 0.5) is 17.6 Å². The highest BCUT2D eigenvalue weighted by atomic mass is 19.4. The summed E-state index contributed by atoms with van der Waals surface area (Å²) in [4.78, 5) is 12.0. The van der Waals surface area contributed by atoms with Gasteiger partial charge < -0.3 is 9.84 Å². The van der Waals surface area contributed by atoms with Crippen molar-refractivity contribution in [1.82, 2.24) is 4.98 Å².